The van der Waals surface area contributed by atoms with E-state index in [2.05, 4.69) is 4.90 Å². The predicted molar refractivity (Wildman–Crippen MR) is 37.1 cm³/mol. The van der Waals surface area contributed by atoms with Gasteiger partial charge in [0, 0.05) is 19.1 Å². The lowest BCUT2D eigenvalue weighted by atomic mass is 10.3. The lowest BCUT2D eigenvalue weighted by Crippen LogP contribution is -2.29. The van der Waals surface area contributed by atoms with Crippen LogP contribution in [-0.2, 0) is 0 Å². The van der Waals surface area contributed by atoms with Crippen LogP contribution in [0.1, 0.15) is 12.8 Å². The molecule has 2 fully saturated rings. The Balaban J connectivity index is 1.84. The van der Waals surface area contributed by atoms with Gasteiger partial charge >= 0.3 is 0 Å². The van der Waals surface area contributed by atoms with Crippen molar-refractivity contribution in [1.29, 1.82) is 0 Å². The Morgan fingerprint density at radius 2 is 2.44 bits per heavy atom. The van der Waals surface area contributed by atoms with Crippen LogP contribution in [0.15, 0.2) is 0 Å². The zero-order chi connectivity index (χ0) is 6.27. The van der Waals surface area contributed by atoms with Crippen molar-refractivity contribution in [3.8, 4) is 0 Å². The van der Waals surface area contributed by atoms with Crippen LogP contribution in [0.25, 0.3) is 0 Å². The second-order valence-electron chi connectivity index (χ2n) is 3.18. The fourth-order valence-corrected chi connectivity index (χ4v) is 1.93. The average molecular weight is 126 g/mol. The number of hydrogen-bond donors (Lipinski definition) is 1. The number of hydrogen-bond acceptors (Lipinski definition) is 2. The first-order valence-corrected chi connectivity index (χ1v) is 3.86. The molecule has 0 bridgehead atoms. The topological polar surface area (TPSA) is 29.3 Å². The molecule has 2 aliphatic rings. The summed E-state index contributed by atoms with van der Waals surface area (Å²) in [5.74, 6) is 1.07. The standard InChI is InChI=1S/C7H14N2/c8-2-4-9-3-1-6-5-7(6)9/h6-7H,1-5,8H2/t6-,7+/m1/s1. The van der Waals surface area contributed by atoms with E-state index in [1.54, 1.807) is 0 Å². The number of likely N-dealkylation sites (tertiary alicyclic amines) is 1. The van der Waals surface area contributed by atoms with Crippen LogP contribution in [-0.4, -0.2) is 30.6 Å². The first-order chi connectivity index (χ1) is 4.42. The number of nitrogens with two attached hydrogens (primary N) is 1. The minimum absolute atomic E-state index is 0.837. The van der Waals surface area contributed by atoms with E-state index < -0.39 is 0 Å². The van der Waals surface area contributed by atoms with Crippen molar-refractivity contribution in [2.45, 2.75) is 18.9 Å². The summed E-state index contributed by atoms with van der Waals surface area (Å²) in [5, 5.41) is 0. The number of fused-ring (bicyclic) bond motifs is 1. The van der Waals surface area contributed by atoms with Gasteiger partial charge in [0.15, 0.2) is 0 Å². The van der Waals surface area contributed by atoms with Gasteiger partial charge in [-0.2, -0.15) is 0 Å². The van der Waals surface area contributed by atoms with Gasteiger partial charge < -0.3 is 5.73 Å². The Bertz CT molecular complexity index is 113. The van der Waals surface area contributed by atoms with Crippen molar-refractivity contribution in [3.63, 3.8) is 0 Å². The van der Waals surface area contributed by atoms with E-state index in [0.29, 0.717) is 0 Å². The molecule has 0 amide bonds. The van der Waals surface area contributed by atoms with Crippen molar-refractivity contribution in [2.75, 3.05) is 19.6 Å². The molecule has 0 spiro atoms. The van der Waals surface area contributed by atoms with Crippen LogP contribution in [0.2, 0.25) is 0 Å². The smallest absolute Gasteiger partial charge is 0.0128 e. The van der Waals surface area contributed by atoms with E-state index in [0.717, 1.165) is 25.0 Å². The van der Waals surface area contributed by atoms with Gasteiger partial charge in [-0.1, -0.05) is 0 Å². The van der Waals surface area contributed by atoms with Gasteiger partial charge in [-0.15, -0.1) is 0 Å². The number of piperidine rings is 1. The largest absolute Gasteiger partial charge is 0.329 e. The third-order valence-electron chi connectivity index (χ3n) is 2.56. The van der Waals surface area contributed by atoms with E-state index >= 15 is 0 Å². The summed E-state index contributed by atoms with van der Waals surface area (Å²) in [6.45, 7) is 3.27. The van der Waals surface area contributed by atoms with Gasteiger partial charge in [-0.25, -0.2) is 0 Å². The molecule has 2 rings (SSSR count). The fourth-order valence-electron chi connectivity index (χ4n) is 1.93. The van der Waals surface area contributed by atoms with Crippen molar-refractivity contribution >= 4 is 0 Å². The summed E-state index contributed by atoms with van der Waals surface area (Å²) in [6.07, 6.45) is 2.89. The molecule has 1 saturated heterocycles. The van der Waals surface area contributed by atoms with E-state index in [1.165, 1.54) is 19.4 Å². The molecule has 1 aliphatic heterocycles. The SMILES string of the molecule is NCCN1CC[C@@H]2C[C@@H]21. The van der Waals surface area contributed by atoms with Crippen molar-refractivity contribution < 1.29 is 0 Å². The molecule has 0 aromatic rings. The van der Waals surface area contributed by atoms with Gasteiger partial charge in [0.2, 0.25) is 0 Å². The van der Waals surface area contributed by atoms with Crippen LogP contribution in [0, 0.1) is 5.92 Å². The maximum atomic E-state index is 5.45. The minimum atomic E-state index is 0.837. The lowest BCUT2D eigenvalue weighted by Gasteiger charge is -2.14. The molecule has 1 heterocycles. The first-order valence-electron chi connectivity index (χ1n) is 3.86. The zero-order valence-corrected chi connectivity index (χ0v) is 5.71. The zero-order valence-electron chi connectivity index (χ0n) is 5.71. The molecule has 2 atom stereocenters. The molecule has 2 nitrogen and oxygen atoms in total. The summed E-state index contributed by atoms with van der Waals surface area (Å²) in [5.41, 5.74) is 5.45. The Labute approximate surface area is 56.0 Å². The molecule has 2 heteroatoms. The molecular formula is C7H14N2. The summed E-state index contributed by atoms with van der Waals surface area (Å²) in [7, 11) is 0. The highest BCUT2D eigenvalue weighted by molar-refractivity contribution is 5.00. The van der Waals surface area contributed by atoms with Crippen LogP contribution in [0.5, 0.6) is 0 Å². The maximum Gasteiger partial charge on any atom is 0.0128 e. The molecule has 0 aromatic carbocycles. The predicted octanol–water partition coefficient (Wildman–Crippen LogP) is 0.0393. The average Bonchev–Trinajstić information content (AvgIpc) is 2.54. The molecular weight excluding hydrogens is 112 g/mol. The highest BCUT2D eigenvalue weighted by atomic mass is 15.2. The summed E-state index contributed by atoms with van der Waals surface area (Å²) in [4.78, 5) is 2.53. The van der Waals surface area contributed by atoms with Crippen molar-refractivity contribution in [3.05, 3.63) is 0 Å². The van der Waals surface area contributed by atoms with Gasteiger partial charge in [0.1, 0.15) is 0 Å². The van der Waals surface area contributed by atoms with Gasteiger partial charge in [0.05, 0.1) is 0 Å². The van der Waals surface area contributed by atoms with Crippen LogP contribution >= 0.6 is 0 Å². The monoisotopic (exact) mass is 126 g/mol. The third kappa shape index (κ3) is 0.864. The van der Waals surface area contributed by atoms with Gasteiger partial charge in [-0.05, 0) is 25.3 Å². The summed E-state index contributed by atoms with van der Waals surface area (Å²) < 4.78 is 0. The van der Waals surface area contributed by atoms with Gasteiger partial charge in [-0.3, -0.25) is 4.90 Å². The molecule has 1 saturated carbocycles. The van der Waals surface area contributed by atoms with E-state index in [1.807, 2.05) is 0 Å². The lowest BCUT2D eigenvalue weighted by molar-refractivity contribution is 0.308. The fraction of sp³-hybridized carbons (Fsp3) is 1.00. The van der Waals surface area contributed by atoms with Crippen LogP contribution in [0.4, 0.5) is 0 Å². The normalized spacial score (nSPS) is 41.0. The van der Waals surface area contributed by atoms with Crippen molar-refractivity contribution in [1.82, 2.24) is 4.90 Å². The summed E-state index contributed by atoms with van der Waals surface area (Å²) in [6, 6.07) is 0.952. The molecule has 0 unspecified atom stereocenters. The third-order valence-corrected chi connectivity index (χ3v) is 2.56. The van der Waals surface area contributed by atoms with Crippen molar-refractivity contribution in [2.24, 2.45) is 11.7 Å². The van der Waals surface area contributed by atoms with Crippen LogP contribution < -0.4 is 5.73 Å². The van der Waals surface area contributed by atoms with E-state index in [9.17, 15) is 0 Å². The highest BCUT2D eigenvalue weighted by Gasteiger charge is 2.45. The minimum Gasteiger partial charge on any atom is -0.329 e. The Kier molecular flexibility index (Phi) is 1.24. The number of nitrogens with zero attached hydrogens (tertiary/aromatic N) is 1. The maximum absolute atomic E-state index is 5.45. The molecule has 0 aromatic heterocycles. The van der Waals surface area contributed by atoms with Gasteiger partial charge in [0.25, 0.3) is 0 Å². The second kappa shape index (κ2) is 1.96. The molecule has 2 N–H and O–H groups in total. The van der Waals surface area contributed by atoms with E-state index in [-0.39, 0.29) is 0 Å². The second-order valence-corrected chi connectivity index (χ2v) is 3.18. The summed E-state index contributed by atoms with van der Waals surface area (Å²) >= 11 is 0. The molecule has 1 aliphatic carbocycles. The van der Waals surface area contributed by atoms with Crippen LogP contribution in [0.3, 0.4) is 0 Å². The van der Waals surface area contributed by atoms with E-state index in [4.69, 9.17) is 5.73 Å². The highest BCUT2D eigenvalue weighted by Crippen LogP contribution is 2.43. The Morgan fingerprint density at radius 3 is 2.89 bits per heavy atom. The Hall–Kier alpha value is -0.0800. The first kappa shape index (κ1) is 5.69. The Morgan fingerprint density at radius 1 is 1.56 bits per heavy atom. The quantitative estimate of drug-likeness (QED) is 0.566. The molecule has 52 valence electrons. The molecule has 0 radical (unpaired) electrons. The molecule has 9 heavy (non-hydrogen) atoms. The number of rotatable bonds is 2.